The Morgan fingerprint density at radius 1 is 1.14 bits per heavy atom. The molecule has 1 saturated heterocycles. The third-order valence-electron chi connectivity index (χ3n) is 5.13. The number of amides is 1. The van der Waals surface area contributed by atoms with Crippen LogP contribution in [0.1, 0.15) is 44.1 Å². The molecular weight excluding hydrogens is 296 g/mol. The zero-order valence-electron chi connectivity index (χ0n) is 13.3. The highest BCUT2D eigenvalue weighted by atomic mass is 35.5. The summed E-state index contributed by atoms with van der Waals surface area (Å²) in [6.45, 7) is 4.90. The number of nitrogens with one attached hydrogen (secondary N) is 1. The summed E-state index contributed by atoms with van der Waals surface area (Å²) >= 11 is 0. The molecule has 1 amide bonds. The summed E-state index contributed by atoms with van der Waals surface area (Å²) < 4.78 is 0. The molecule has 1 aromatic carbocycles. The Hall–Kier alpha value is -1.06. The molecule has 4 heteroatoms. The topological polar surface area (TPSA) is 32.3 Å². The van der Waals surface area contributed by atoms with E-state index in [0.717, 1.165) is 45.3 Å². The molecule has 2 fully saturated rings. The smallest absolute Gasteiger partial charge is 0.226 e. The SMILES string of the molecule is C[C@@H]1CNCCN1C(=O)C1CCC(c2ccccc2)CC1.Cl. The Kier molecular flexibility index (Phi) is 6.27. The summed E-state index contributed by atoms with van der Waals surface area (Å²) in [5.41, 5.74) is 1.44. The van der Waals surface area contributed by atoms with Crippen molar-refractivity contribution >= 4 is 18.3 Å². The number of hydrogen-bond donors (Lipinski definition) is 1. The van der Waals surface area contributed by atoms with Crippen molar-refractivity contribution in [3.05, 3.63) is 35.9 Å². The van der Waals surface area contributed by atoms with Crippen molar-refractivity contribution in [2.24, 2.45) is 5.92 Å². The third-order valence-corrected chi connectivity index (χ3v) is 5.13. The normalized spacial score (nSPS) is 28.8. The first-order chi connectivity index (χ1) is 10.3. The van der Waals surface area contributed by atoms with Gasteiger partial charge < -0.3 is 10.2 Å². The average Bonchev–Trinajstić information content (AvgIpc) is 2.56. The molecule has 0 bridgehead atoms. The lowest BCUT2D eigenvalue weighted by molar-refractivity contribution is -0.139. The van der Waals surface area contributed by atoms with Crippen molar-refractivity contribution in [1.82, 2.24) is 10.2 Å². The maximum absolute atomic E-state index is 12.7. The van der Waals surface area contributed by atoms with E-state index in [2.05, 4.69) is 47.5 Å². The van der Waals surface area contributed by atoms with E-state index in [4.69, 9.17) is 0 Å². The van der Waals surface area contributed by atoms with Gasteiger partial charge in [-0.3, -0.25) is 4.79 Å². The molecule has 1 heterocycles. The molecule has 2 aliphatic rings. The largest absolute Gasteiger partial charge is 0.337 e. The Bertz CT molecular complexity index is 471. The van der Waals surface area contributed by atoms with Gasteiger partial charge in [-0.15, -0.1) is 12.4 Å². The highest BCUT2D eigenvalue weighted by Gasteiger charge is 2.32. The lowest BCUT2D eigenvalue weighted by atomic mass is 9.78. The zero-order valence-corrected chi connectivity index (χ0v) is 14.1. The van der Waals surface area contributed by atoms with Gasteiger partial charge in [0.15, 0.2) is 0 Å². The maximum atomic E-state index is 12.7. The van der Waals surface area contributed by atoms with E-state index >= 15 is 0 Å². The van der Waals surface area contributed by atoms with E-state index in [-0.39, 0.29) is 18.3 Å². The second-order valence-corrected chi connectivity index (χ2v) is 6.54. The Balaban J connectivity index is 0.00000176. The molecule has 1 aromatic rings. The van der Waals surface area contributed by atoms with Gasteiger partial charge in [-0.25, -0.2) is 0 Å². The first-order valence-electron chi connectivity index (χ1n) is 8.32. The Morgan fingerprint density at radius 3 is 2.45 bits per heavy atom. The monoisotopic (exact) mass is 322 g/mol. The highest BCUT2D eigenvalue weighted by molar-refractivity contribution is 5.85. The molecule has 1 aliphatic carbocycles. The van der Waals surface area contributed by atoms with Gasteiger partial charge in [-0.05, 0) is 44.1 Å². The third kappa shape index (κ3) is 3.82. The van der Waals surface area contributed by atoms with Gasteiger partial charge in [0.1, 0.15) is 0 Å². The van der Waals surface area contributed by atoms with Gasteiger partial charge in [0, 0.05) is 31.6 Å². The first-order valence-corrected chi connectivity index (χ1v) is 8.32. The molecule has 0 spiro atoms. The second kappa shape index (κ2) is 7.98. The Morgan fingerprint density at radius 2 is 1.82 bits per heavy atom. The van der Waals surface area contributed by atoms with E-state index in [0.29, 0.717) is 17.9 Å². The minimum atomic E-state index is 0. The predicted octanol–water partition coefficient (Wildman–Crippen LogP) is 3.20. The molecule has 0 aromatic heterocycles. The Labute approximate surface area is 139 Å². The minimum absolute atomic E-state index is 0. The van der Waals surface area contributed by atoms with Crippen LogP contribution in [0.3, 0.4) is 0 Å². The van der Waals surface area contributed by atoms with Crippen LogP contribution in [-0.4, -0.2) is 36.5 Å². The summed E-state index contributed by atoms with van der Waals surface area (Å²) in [7, 11) is 0. The zero-order chi connectivity index (χ0) is 14.7. The summed E-state index contributed by atoms with van der Waals surface area (Å²) in [4.78, 5) is 14.8. The van der Waals surface area contributed by atoms with Crippen LogP contribution in [-0.2, 0) is 4.79 Å². The molecule has 0 unspecified atom stereocenters. The molecule has 22 heavy (non-hydrogen) atoms. The highest BCUT2D eigenvalue weighted by Crippen LogP contribution is 2.36. The fourth-order valence-corrected chi connectivity index (χ4v) is 3.80. The predicted molar refractivity (Wildman–Crippen MR) is 92.4 cm³/mol. The molecule has 1 N–H and O–H groups in total. The van der Waals surface area contributed by atoms with Crippen LogP contribution >= 0.6 is 12.4 Å². The van der Waals surface area contributed by atoms with Gasteiger partial charge in [0.2, 0.25) is 5.91 Å². The van der Waals surface area contributed by atoms with Crippen molar-refractivity contribution in [1.29, 1.82) is 0 Å². The van der Waals surface area contributed by atoms with Crippen molar-refractivity contribution in [2.75, 3.05) is 19.6 Å². The van der Waals surface area contributed by atoms with E-state index < -0.39 is 0 Å². The molecule has 1 saturated carbocycles. The van der Waals surface area contributed by atoms with Crippen molar-refractivity contribution in [2.45, 2.75) is 44.6 Å². The molecule has 122 valence electrons. The van der Waals surface area contributed by atoms with Crippen LogP contribution in [0.15, 0.2) is 30.3 Å². The molecule has 1 atom stereocenters. The summed E-state index contributed by atoms with van der Waals surface area (Å²) in [6.07, 6.45) is 4.41. The van der Waals surface area contributed by atoms with Crippen molar-refractivity contribution in [3.63, 3.8) is 0 Å². The lowest BCUT2D eigenvalue weighted by Crippen LogP contribution is -2.54. The molecule has 3 nitrogen and oxygen atoms in total. The number of benzene rings is 1. The molecule has 0 radical (unpaired) electrons. The van der Waals surface area contributed by atoms with Gasteiger partial charge in [-0.2, -0.15) is 0 Å². The van der Waals surface area contributed by atoms with Crippen LogP contribution in [0.2, 0.25) is 0 Å². The van der Waals surface area contributed by atoms with E-state index in [1.165, 1.54) is 5.56 Å². The number of carbonyl (C=O) groups is 1. The van der Waals surface area contributed by atoms with Crippen LogP contribution in [0.5, 0.6) is 0 Å². The van der Waals surface area contributed by atoms with E-state index in [1.807, 2.05) is 0 Å². The van der Waals surface area contributed by atoms with Gasteiger partial charge >= 0.3 is 0 Å². The van der Waals surface area contributed by atoms with E-state index in [1.54, 1.807) is 0 Å². The summed E-state index contributed by atoms with van der Waals surface area (Å²) in [5.74, 6) is 1.30. The first kappa shape index (κ1) is 17.3. The van der Waals surface area contributed by atoms with Crippen molar-refractivity contribution in [3.8, 4) is 0 Å². The summed E-state index contributed by atoms with van der Waals surface area (Å²) in [6, 6.07) is 11.1. The summed E-state index contributed by atoms with van der Waals surface area (Å²) in [5, 5.41) is 3.36. The minimum Gasteiger partial charge on any atom is -0.337 e. The van der Waals surface area contributed by atoms with Gasteiger partial charge in [0.25, 0.3) is 0 Å². The number of carbonyl (C=O) groups excluding carboxylic acids is 1. The standard InChI is InChI=1S/C18H26N2O.ClH/c1-14-13-19-11-12-20(14)18(21)17-9-7-16(8-10-17)15-5-3-2-4-6-15;/h2-6,14,16-17,19H,7-13H2,1H3;1H/t14-,16?,17?;/m1./s1. The molecule has 3 rings (SSSR count). The van der Waals surface area contributed by atoms with Crippen LogP contribution in [0.25, 0.3) is 0 Å². The number of halogens is 1. The van der Waals surface area contributed by atoms with Crippen LogP contribution in [0, 0.1) is 5.92 Å². The fraction of sp³-hybridized carbons (Fsp3) is 0.611. The molecular formula is C18H27ClN2O. The van der Waals surface area contributed by atoms with Gasteiger partial charge in [-0.1, -0.05) is 30.3 Å². The maximum Gasteiger partial charge on any atom is 0.226 e. The van der Waals surface area contributed by atoms with Crippen molar-refractivity contribution < 1.29 is 4.79 Å². The average molecular weight is 323 g/mol. The number of piperazine rings is 1. The lowest BCUT2D eigenvalue weighted by Gasteiger charge is -2.38. The quantitative estimate of drug-likeness (QED) is 0.907. The number of rotatable bonds is 2. The number of hydrogen-bond acceptors (Lipinski definition) is 2. The fourth-order valence-electron chi connectivity index (χ4n) is 3.80. The number of nitrogens with zero attached hydrogens (tertiary/aromatic N) is 1. The van der Waals surface area contributed by atoms with Crippen LogP contribution < -0.4 is 5.32 Å². The molecule has 1 aliphatic heterocycles. The second-order valence-electron chi connectivity index (χ2n) is 6.54. The van der Waals surface area contributed by atoms with E-state index in [9.17, 15) is 4.79 Å². The van der Waals surface area contributed by atoms with Crippen LogP contribution in [0.4, 0.5) is 0 Å². The van der Waals surface area contributed by atoms with Gasteiger partial charge in [0.05, 0.1) is 0 Å².